The van der Waals surface area contributed by atoms with E-state index in [0.29, 0.717) is 23.4 Å². The maximum Gasteiger partial charge on any atom is 0.0701 e. The first-order valence-corrected chi connectivity index (χ1v) is 7.05. The van der Waals surface area contributed by atoms with Gasteiger partial charge in [0, 0.05) is 19.6 Å². The number of nitrogens with two attached hydrogens (primary N) is 1. The summed E-state index contributed by atoms with van der Waals surface area (Å²) in [5.74, 6) is 0. The van der Waals surface area contributed by atoms with E-state index in [4.69, 9.17) is 27.2 Å². The molecule has 0 radical (unpaired) electrons. The van der Waals surface area contributed by atoms with E-state index in [-0.39, 0.29) is 6.61 Å². The fraction of sp³-hybridized carbons (Fsp3) is 0.571. The Morgan fingerprint density at radius 3 is 2.74 bits per heavy atom. The second kappa shape index (κ2) is 7.10. The van der Waals surface area contributed by atoms with Gasteiger partial charge in [-0.3, -0.25) is 4.90 Å². The first-order chi connectivity index (χ1) is 9.19. The third kappa shape index (κ3) is 4.35. The molecule has 1 saturated heterocycles. The van der Waals surface area contributed by atoms with Crippen LogP contribution in [0.4, 0.5) is 5.69 Å². The Morgan fingerprint density at radius 2 is 2.11 bits per heavy atom. The zero-order valence-electron chi connectivity index (χ0n) is 11.0. The number of rotatable bonds is 5. The van der Waals surface area contributed by atoms with E-state index in [9.17, 15) is 0 Å². The molecule has 1 fully saturated rings. The van der Waals surface area contributed by atoms with Crippen molar-refractivity contribution in [2.45, 2.75) is 25.5 Å². The molecule has 0 amide bonds. The van der Waals surface area contributed by atoms with Gasteiger partial charge in [0.1, 0.15) is 0 Å². The second-order valence-corrected chi connectivity index (χ2v) is 5.33. The van der Waals surface area contributed by atoms with Gasteiger partial charge >= 0.3 is 0 Å². The molecule has 19 heavy (non-hydrogen) atoms. The number of halogens is 1. The van der Waals surface area contributed by atoms with Crippen LogP contribution in [0.15, 0.2) is 18.2 Å². The van der Waals surface area contributed by atoms with Gasteiger partial charge in [0.15, 0.2) is 0 Å². The van der Waals surface area contributed by atoms with Gasteiger partial charge in [0.2, 0.25) is 0 Å². The number of nitrogen functional groups attached to an aromatic ring is 1. The second-order valence-electron chi connectivity index (χ2n) is 4.93. The molecular formula is C14H21ClN2O2. The number of piperidine rings is 1. The highest BCUT2D eigenvalue weighted by Crippen LogP contribution is 2.22. The Labute approximate surface area is 119 Å². The maximum absolute atomic E-state index is 8.73. The van der Waals surface area contributed by atoms with Crippen molar-refractivity contribution >= 4 is 17.3 Å². The van der Waals surface area contributed by atoms with Gasteiger partial charge in [-0.2, -0.15) is 0 Å². The summed E-state index contributed by atoms with van der Waals surface area (Å²) in [6, 6.07) is 5.81. The molecule has 1 aliphatic rings. The van der Waals surface area contributed by atoms with Crippen molar-refractivity contribution < 1.29 is 9.84 Å². The van der Waals surface area contributed by atoms with Crippen LogP contribution >= 0.6 is 11.6 Å². The van der Waals surface area contributed by atoms with E-state index in [1.807, 2.05) is 18.2 Å². The van der Waals surface area contributed by atoms with Gasteiger partial charge in [0.05, 0.1) is 30.0 Å². The zero-order valence-corrected chi connectivity index (χ0v) is 11.8. The molecule has 1 heterocycles. The van der Waals surface area contributed by atoms with Crippen LogP contribution in [-0.4, -0.2) is 42.4 Å². The molecule has 5 heteroatoms. The molecule has 0 aromatic heterocycles. The summed E-state index contributed by atoms with van der Waals surface area (Å²) in [6.45, 7) is 3.47. The molecule has 0 atom stereocenters. The van der Waals surface area contributed by atoms with Crippen LogP contribution in [0.3, 0.4) is 0 Å². The number of hydrogen-bond donors (Lipinski definition) is 2. The van der Waals surface area contributed by atoms with Crippen LogP contribution in [-0.2, 0) is 11.3 Å². The minimum absolute atomic E-state index is 0.101. The van der Waals surface area contributed by atoms with Crippen molar-refractivity contribution in [3.8, 4) is 0 Å². The maximum atomic E-state index is 8.73. The fourth-order valence-corrected chi connectivity index (χ4v) is 2.52. The van der Waals surface area contributed by atoms with E-state index in [1.165, 1.54) is 5.56 Å². The number of nitrogens with zero attached hydrogens (tertiary/aromatic N) is 1. The highest BCUT2D eigenvalue weighted by atomic mass is 35.5. The third-order valence-corrected chi connectivity index (χ3v) is 3.79. The lowest BCUT2D eigenvalue weighted by atomic mass is 10.1. The molecule has 1 aromatic rings. The van der Waals surface area contributed by atoms with Gasteiger partial charge in [-0.05, 0) is 30.5 Å². The minimum Gasteiger partial charge on any atom is -0.398 e. The smallest absolute Gasteiger partial charge is 0.0701 e. The lowest BCUT2D eigenvalue weighted by molar-refractivity contribution is -0.00901. The standard InChI is InChI=1S/C14H21ClN2O2/c15-13-2-1-11(9-14(13)16)10-17-5-3-12(4-6-17)19-8-7-18/h1-2,9,12,18H,3-8,10,16H2. The van der Waals surface area contributed by atoms with Gasteiger partial charge in [-0.1, -0.05) is 17.7 Å². The topological polar surface area (TPSA) is 58.7 Å². The third-order valence-electron chi connectivity index (χ3n) is 3.45. The number of likely N-dealkylation sites (tertiary alicyclic amines) is 1. The average Bonchev–Trinajstić information content (AvgIpc) is 2.42. The van der Waals surface area contributed by atoms with Gasteiger partial charge in [-0.25, -0.2) is 0 Å². The van der Waals surface area contributed by atoms with Crippen molar-refractivity contribution in [2.24, 2.45) is 0 Å². The summed E-state index contributed by atoms with van der Waals surface area (Å²) < 4.78 is 5.55. The monoisotopic (exact) mass is 284 g/mol. The minimum atomic E-state index is 0.101. The van der Waals surface area contributed by atoms with E-state index < -0.39 is 0 Å². The zero-order chi connectivity index (χ0) is 13.7. The summed E-state index contributed by atoms with van der Waals surface area (Å²) in [6.07, 6.45) is 2.32. The average molecular weight is 285 g/mol. The molecule has 4 nitrogen and oxygen atoms in total. The number of benzene rings is 1. The summed E-state index contributed by atoms with van der Waals surface area (Å²) in [4.78, 5) is 2.39. The molecule has 3 N–H and O–H groups in total. The van der Waals surface area contributed by atoms with Crippen molar-refractivity contribution in [3.05, 3.63) is 28.8 Å². The Morgan fingerprint density at radius 1 is 1.37 bits per heavy atom. The molecule has 106 valence electrons. The summed E-state index contributed by atoms with van der Waals surface area (Å²) in [7, 11) is 0. The molecule has 1 aliphatic heterocycles. The predicted octanol–water partition coefficient (Wildman–Crippen LogP) is 1.90. The molecule has 0 unspecified atom stereocenters. The van der Waals surface area contributed by atoms with Gasteiger partial charge < -0.3 is 15.6 Å². The van der Waals surface area contributed by atoms with Crippen molar-refractivity contribution in [3.63, 3.8) is 0 Å². The SMILES string of the molecule is Nc1cc(CN2CCC(OCCO)CC2)ccc1Cl. The van der Waals surface area contributed by atoms with E-state index in [0.717, 1.165) is 32.5 Å². The lowest BCUT2D eigenvalue weighted by Gasteiger charge is -2.31. The van der Waals surface area contributed by atoms with Crippen LogP contribution < -0.4 is 5.73 Å². The van der Waals surface area contributed by atoms with Crippen LogP contribution in [0.1, 0.15) is 18.4 Å². The fourth-order valence-electron chi connectivity index (χ4n) is 2.40. The molecule has 0 saturated carbocycles. The van der Waals surface area contributed by atoms with E-state index in [2.05, 4.69) is 4.90 Å². The van der Waals surface area contributed by atoms with Crippen molar-refractivity contribution in [2.75, 3.05) is 32.0 Å². The Hall–Kier alpha value is -0.810. The molecule has 0 bridgehead atoms. The number of ether oxygens (including phenoxy) is 1. The largest absolute Gasteiger partial charge is 0.398 e. The number of hydrogen-bond acceptors (Lipinski definition) is 4. The normalized spacial score (nSPS) is 17.8. The molecule has 2 rings (SSSR count). The molecule has 0 aliphatic carbocycles. The van der Waals surface area contributed by atoms with E-state index in [1.54, 1.807) is 0 Å². The van der Waals surface area contributed by atoms with Gasteiger partial charge in [0.25, 0.3) is 0 Å². The highest BCUT2D eigenvalue weighted by molar-refractivity contribution is 6.33. The van der Waals surface area contributed by atoms with Crippen molar-refractivity contribution in [1.29, 1.82) is 0 Å². The van der Waals surface area contributed by atoms with Crippen molar-refractivity contribution in [1.82, 2.24) is 4.90 Å². The summed E-state index contributed by atoms with van der Waals surface area (Å²) >= 11 is 5.92. The van der Waals surface area contributed by atoms with Crippen LogP contribution in [0.5, 0.6) is 0 Å². The van der Waals surface area contributed by atoms with Crippen LogP contribution in [0.25, 0.3) is 0 Å². The number of aliphatic hydroxyl groups excluding tert-OH is 1. The molecule has 1 aromatic carbocycles. The van der Waals surface area contributed by atoms with E-state index >= 15 is 0 Å². The molecule has 0 spiro atoms. The molecular weight excluding hydrogens is 264 g/mol. The number of aliphatic hydroxyl groups is 1. The van der Waals surface area contributed by atoms with Crippen LogP contribution in [0, 0.1) is 0 Å². The highest BCUT2D eigenvalue weighted by Gasteiger charge is 2.19. The summed E-state index contributed by atoms with van der Waals surface area (Å²) in [5.41, 5.74) is 7.64. The first-order valence-electron chi connectivity index (χ1n) is 6.68. The lowest BCUT2D eigenvalue weighted by Crippen LogP contribution is -2.36. The van der Waals surface area contributed by atoms with Gasteiger partial charge in [-0.15, -0.1) is 0 Å². The Kier molecular flexibility index (Phi) is 5.45. The first kappa shape index (κ1) is 14.6. The number of anilines is 1. The predicted molar refractivity (Wildman–Crippen MR) is 77.2 cm³/mol. The summed E-state index contributed by atoms with van der Waals surface area (Å²) in [5, 5.41) is 9.35. The quantitative estimate of drug-likeness (QED) is 0.811. The van der Waals surface area contributed by atoms with Crippen LogP contribution in [0.2, 0.25) is 5.02 Å². The Bertz CT molecular complexity index is 406. The Balaban J connectivity index is 1.80.